The summed E-state index contributed by atoms with van der Waals surface area (Å²) in [7, 11) is -3.21. The molecule has 0 amide bonds. The molecule has 1 aliphatic rings. The van der Waals surface area contributed by atoms with Gasteiger partial charge in [-0.2, -0.15) is 4.31 Å². The van der Waals surface area contributed by atoms with E-state index in [1.807, 2.05) is 44.2 Å². The second kappa shape index (κ2) is 8.23. The van der Waals surface area contributed by atoms with Crippen LogP contribution in [0.2, 0.25) is 0 Å². The number of hydrogen-bond donors (Lipinski definition) is 2. The maximum Gasteiger partial charge on any atom is 0.214 e. The number of piperazine rings is 1. The molecule has 0 radical (unpaired) electrons. The van der Waals surface area contributed by atoms with Crippen molar-refractivity contribution < 1.29 is 8.42 Å². The van der Waals surface area contributed by atoms with Crippen LogP contribution >= 0.6 is 0 Å². The quantitative estimate of drug-likeness (QED) is 0.625. The molecule has 1 saturated heterocycles. The minimum absolute atomic E-state index is 0.205. The molecule has 3 heterocycles. The molecule has 4 rings (SSSR count). The largest absolute Gasteiger partial charge is 0.382 e. The van der Waals surface area contributed by atoms with E-state index in [1.165, 1.54) is 0 Å². The Morgan fingerprint density at radius 3 is 2.60 bits per heavy atom. The van der Waals surface area contributed by atoms with Crippen molar-refractivity contribution in [3.05, 3.63) is 36.5 Å². The summed E-state index contributed by atoms with van der Waals surface area (Å²) in [5.41, 5.74) is 8.55. The van der Waals surface area contributed by atoms with Crippen molar-refractivity contribution in [2.45, 2.75) is 20.3 Å². The number of anilines is 2. The number of benzene rings is 1. The number of sulfonamides is 1. The first kappa shape index (κ1) is 20.6. The van der Waals surface area contributed by atoms with Gasteiger partial charge in [0.05, 0.1) is 17.6 Å². The number of para-hydroxylation sites is 1. The van der Waals surface area contributed by atoms with Crippen LogP contribution in [0.4, 0.5) is 11.6 Å². The monoisotopic (exact) mass is 428 g/mol. The third-order valence-electron chi connectivity index (χ3n) is 5.48. The Balaban J connectivity index is 1.50. The van der Waals surface area contributed by atoms with E-state index < -0.39 is 10.0 Å². The average molecular weight is 429 g/mol. The lowest BCUT2D eigenvalue weighted by atomic mass is 10.2. The second-order valence-electron chi connectivity index (χ2n) is 8.12. The molecule has 0 saturated carbocycles. The third-order valence-corrected chi connectivity index (χ3v) is 7.39. The van der Waals surface area contributed by atoms with Crippen molar-refractivity contribution in [3.63, 3.8) is 0 Å². The van der Waals surface area contributed by atoms with Crippen LogP contribution in [0, 0.1) is 5.92 Å². The zero-order valence-corrected chi connectivity index (χ0v) is 18.2. The highest BCUT2D eigenvalue weighted by molar-refractivity contribution is 7.89. The van der Waals surface area contributed by atoms with Gasteiger partial charge in [-0.25, -0.2) is 18.4 Å². The van der Waals surface area contributed by atoms with E-state index in [0.29, 0.717) is 55.8 Å². The van der Waals surface area contributed by atoms with Gasteiger partial charge in [0.25, 0.3) is 0 Å². The molecule has 0 spiro atoms. The van der Waals surface area contributed by atoms with Crippen LogP contribution in [0.15, 0.2) is 36.5 Å². The lowest BCUT2D eigenvalue weighted by molar-refractivity contribution is 0.381. The summed E-state index contributed by atoms with van der Waals surface area (Å²) >= 11 is 0. The fourth-order valence-electron chi connectivity index (χ4n) is 3.65. The molecule has 1 aliphatic heterocycles. The number of fused-ring (bicyclic) bond motifs is 1. The zero-order chi connectivity index (χ0) is 21.3. The van der Waals surface area contributed by atoms with Gasteiger partial charge < -0.3 is 15.6 Å². The molecule has 1 aromatic carbocycles. The standard InChI is InChI=1S/C21H28N6O2S/c1-15(2)7-12-30(28,29)27-10-8-26(9-11-27)19-14-23-21(22)20(25-19)18-13-16-5-3-4-6-17(16)24-18/h3-6,13-15,24H,7-12H2,1-2H3,(H2,22,23). The Hall–Kier alpha value is -2.65. The van der Waals surface area contributed by atoms with Crippen LogP contribution in [-0.4, -0.2) is 59.6 Å². The average Bonchev–Trinajstić information content (AvgIpc) is 3.17. The van der Waals surface area contributed by atoms with E-state index in [9.17, 15) is 8.42 Å². The van der Waals surface area contributed by atoms with Gasteiger partial charge in [-0.1, -0.05) is 32.0 Å². The highest BCUT2D eigenvalue weighted by Gasteiger charge is 2.27. The number of rotatable bonds is 6. The summed E-state index contributed by atoms with van der Waals surface area (Å²) in [5.74, 6) is 1.64. The maximum absolute atomic E-state index is 12.6. The molecule has 0 aliphatic carbocycles. The van der Waals surface area contributed by atoms with Gasteiger partial charge >= 0.3 is 0 Å². The molecule has 0 unspecified atom stereocenters. The molecule has 8 nitrogen and oxygen atoms in total. The van der Waals surface area contributed by atoms with Crippen LogP contribution in [-0.2, 0) is 10.0 Å². The second-order valence-corrected chi connectivity index (χ2v) is 10.2. The first-order valence-electron chi connectivity index (χ1n) is 10.3. The molecule has 0 atom stereocenters. The van der Waals surface area contributed by atoms with Crippen LogP contribution in [0.5, 0.6) is 0 Å². The smallest absolute Gasteiger partial charge is 0.214 e. The molecule has 3 aromatic rings. The van der Waals surface area contributed by atoms with Crippen molar-refractivity contribution in [2.75, 3.05) is 42.6 Å². The molecule has 9 heteroatoms. The number of nitrogens with one attached hydrogen (secondary N) is 1. The Bertz CT molecular complexity index is 1100. The zero-order valence-electron chi connectivity index (χ0n) is 17.4. The first-order valence-corrected chi connectivity index (χ1v) is 11.9. The summed E-state index contributed by atoms with van der Waals surface area (Å²) in [6.45, 7) is 6.13. The molecule has 1 fully saturated rings. The Morgan fingerprint density at radius 2 is 1.90 bits per heavy atom. The van der Waals surface area contributed by atoms with Gasteiger partial charge in [-0.05, 0) is 24.5 Å². The van der Waals surface area contributed by atoms with E-state index in [1.54, 1.807) is 10.5 Å². The minimum atomic E-state index is -3.21. The molecule has 3 N–H and O–H groups in total. The minimum Gasteiger partial charge on any atom is -0.382 e. The topological polar surface area (TPSA) is 108 Å². The molecular weight excluding hydrogens is 400 g/mol. The Morgan fingerprint density at radius 1 is 1.17 bits per heavy atom. The van der Waals surface area contributed by atoms with Crippen LogP contribution in [0.3, 0.4) is 0 Å². The summed E-state index contributed by atoms with van der Waals surface area (Å²) in [6.07, 6.45) is 2.34. The lowest BCUT2D eigenvalue weighted by Crippen LogP contribution is -2.49. The van der Waals surface area contributed by atoms with Crippen LogP contribution in [0.1, 0.15) is 20.3 Å². The third kappa shape index (κ3) is 4.27. The van der Waals surface area contributed by atoms with Crippen molar-refractivity contribution in [1.29, 1.82) is 0 Å². The molecular formula is C21H28N6O2S. The van der Waals surface area contributed by atoms with Gasteiger partial charge in [-0.15, -0.1) is 0 Å². The predicted molar refractivity (Wildman–Crippen MR) is 121 cm³/mol. The summed E-state index contributed by atoms with van der Waals surface area (Å²) in [5, 5.41) is 1.08. The normalized spacial score (nSPS) is 15.9. The fraction of sp³-hybridized carbons (Fsp3) is 0.429. The summed E-state index contributed by atoms with van der Waals surface area (Å²) in [4.78, 5) is 14.5. The van der Waals surface area contributed by atoms with Crippen molar-refractivity contribution >= 4 is 32.6 Å². The highest BCUT2D eigenvalue weighted by Crippen LogP contribution is 2.28. The Labute approximate surface area is 177 Å². The van der Waals surface area contributed by atoms with Gasteiger partial charge in [0.1, 0.15) is 11.5 Å². The van der Waals surface area contributed by atoms with Crippen LogP contribution < -0.4 is 10.6 Å². The van der Waals surface area contributed by atoms with E-state index in [4.69, 9.17) is 10.7 Å². The van der Waals surface area contributed by atoms with E-state index in [0.717, 1.165) is 16.6 Å². The molecule has 30 heavy (non-hydrogen) atoms. The number of aromatic amines is 1. The maximum atomic E-state index is 12.6. The predicted octanol–water partition coefficient (Wildman–Crippen LogP) is 2.71. The summed E-state index contributed by atoms with van der Waals surface area (Å²) < 4.78 is 26.7. The number of H-pyrrole nitrogens is 1. The van der Waals surface area contributed by atoms with Gasteiger partial charge in [0.15, 0.2) is 5.82 Å². The van der Waals surface area contributed by atoms with Crippen LogP contribution in [0.25, 0.3) is 22.3 Å². The number of nitrogens with zero attached hydrogens (tertiary/aromatic N) is 4. The van der Waals surface area contributed by atoms with Gasteiger partial charge in [0, 0.05) is 37.1 Å². The molecule has 2 aromatic heterocycles. The molecule has 160 valence electrons. The fourth-order valence-corrected chi connectivity index (χ4v) is 5.40. The van der Waals surface area contributed by atoms with Crippen molar-refractivity contribution in [1.82, 2.24) is 19.3 Å². The SMILES string of the molecule is CC(C)CCS(=O)(=O)N1CCN(c2cnc(N)c(-c3cc4ccccc4[nH]3)n2)CC1. The van der Waals surface area contributed by atoms with Gasteiger partial charge in [0.2, 0.25) is 10.0 Å². The summed E-state index contributed by atoms with van der Waals surface area (Å²) in [6, 6.07) is 10.0. The number of nitrogens with two attached hydrogens (primary N) is 1. The first-order chi connectivity index (χ1) is 14.3. The Kier molecular flexibility index (Phi) is 5.66. The van der Waals surface area contributed by atoms with Gasteiger partial charge in [-0.3, -0.25) is 0 Å². The van der Waals surface area contributed by atoms with Crippen molar-refractivity contribution in [3.8, 4) is 11.4 Å². The number of aromatic nitrogens is 3. The highest BCUT2D eigenvalue weighted by atomic mass is 32.2. The van der Waals surface area contributed by atoms with E-state index in [2.05, 4.69) is 14.9 Å². The van der Waals surface area contributed by atoms with Crippen molar-refractivity contribution in [2.24, 2.45) is 5.92 Å². The number of hydrogen-bond acceptors (Lipinski definition) is 6. The van der Waals surface area contributed by atoms with E-state index in [-0.39, 0.29) is 5.75 Å². The number of nitrogen functional groups attached to an aromatic ring is 1. The lowest BCUT2D eigenvalue weighted by Gasteiger charge is -2.34. The van der Waals surface area contributed by atoms with E-state index >= 15 is 0 Å². The molecule has 0 bridgehead atoms.